The van der Waals surface area contributed by atoms with Crippen molar-refractivity contribution in [3.05, 3.63) is 82.1 Å². The van der Waals surface area contributed by atoms with E-state index in [9.17, 15) is 14.0 Å². The summed E-state index contributed by atoms with van der Waals surface area (Å²) in [5.41, 5.74) is 1.46. The molecule has 0 aliphatic heterocycles. The third-order valence-electron chi connectivity index (χ3n) is 3.53. The van der Waals surface area contributed by atoms with Crippen LogP contribution in [0, 0.1) is 5.82 Å². The van der Waals surface area contributed by atoms with Gasteiger partial charge in [0, 0.05) is 12.6 Å². The zero-order valence-electron chi connectivity index (χ0n) is 13.2. The van der Waals surface area contributed by atoms with Gasteiger partial charge in [0.1, 0.15) is 12.4 Å². The average molecular weight is 342 g/mol. The molecule has 0 spiro atoms. The largest absolute Gasteiger partial charge is 0.442 e. The van der Waals surface area contributed by atoms with Crippen LogP contribution in [0.4, 0.5) is 4.39 Å². The summed E-state index contributed by atoms with van der Waals surface area (Å²) in [4.78, 5) is 27.9. The number of aromatic nitrogens is 3. The molecule has 25 heavy (non-hydrogen) atoms. The molecule has 0 unspecified atom stereocenters. The molecular formula is C17H15FN4O3. The van der Waals surface area contributed by atoms with Crippen LogP contribution in [0.15, 0.2) is 58.0 Å². The van der Waals surface area contributed by atoms with E-state index in [4.69, 9.17) is 0 Å². The summed E-state index contributed by atoms with van der Waals surface area (Å²) in [5.74, 6) is -1.14. The van der Waals surface area contributed by atoms with Crippen LogP contribution >= 0.6 is 0 Å². The molecule has 0 radical (unpaired) electrons. The fourth-order valence-corrected chi connectivity index (χ4v) is 2.26. The van der Waals surface area contributed by atoms with Crippen molar-refractivity contribution in [1.29, 1.82) is 0 Å². The second-order valence-corrected chi connectivity index (χ2v) is 5.35. The van der Waals surface area contributed by atoms with E-state index in [2.05, 4.69) is 20.0 Å². The number of pyridine rings is 1. The van der Waals surface area contributed by atoms with E-state index in [1.807, 2.05) is 6.07 Å². The lowest BCUT2D eigenvalue weighted by atomic mass is 10.1. The van der Waals surface area contributed by atoms with Gasteiger partial charge in [0.05, 0.1) is 12.2 Å². The van der Waals surface area contributed by atoms with Crippen LogP contribution in [0.3, 0.4) is 0 Å². The molecule has 0 aliphatic rings. The molecule has 0 bridgehead atoms. The molecule has 128 valence electrons. The number of hydrogen-bond donors (Lipinski definition) is 1. The highest BCUT2D eigenvalue weighted by molar-refractivity contribution is 5.75. The monoisotopic (exact) mass is 342 g/mol. The summed E-state index contributed by atoms with van der Waals surface area (Å²) in [7, 11) is 0. The minimum atomic E-state index is -0.718. The Bertz CT molecular complexity index is 904. The Morgan fingerprint density at radius 1 is 1.20 bits per heavy atom. The highest BCUT2D eigenvalue weighted by atomic mass is 19.1. The second kappa shape index (κ2) is 7.52. The van der Waals surface area contributed by atoms with Gasteiger partial charge in [-0.3, -0.25) is 18.9 Å². The summed E-state index contributed by atoms with van der Waals surface area (Å²) in [6, 6.07) is 11.2. The van der Waals surface area contributed by atoms with E-state index in [-0.39, 0.29) is 31.2 Å². The van der Waals surface area contributed by atoms with Crippen molar-refractivity contribution in [3.63, 3.8) is 0 Å². The van der Waals surface area contributed by atoms with Crippen molar-refractivity contribution >= 4 is 5.91 Å². The van der Waals surface area contributed by atoms with Gasteiger partial charge in [0.25, 0.3) is 0 Å². The summed E-state index contributed by atoms with van der Waals surface area (Å²) < 4.78 is 18.8. The molecule has 1 N–H and O–H groups in total. The van der Waals surface area contributed by atoms with E-state index >= 15 is 0 Å². The van der Waals surface area contributed by atoms with Crippen LogP contribution in [-0.4, -0.2) is 20.6 Å². The minimum Gasteiger partial charge on any atom is -0.349 e. The quantitative estimate of drug-likeness (QED) is 0.729. The Balaban J connectivity index is 1.66. The number of carbonyl (C=O) groups is 1. The van der Waals surface area contributed by atoms with Gasteiger partial charge in [-0.15, -0.1) is 0 Å². The van der Waals surface area contributed by atoms with Crippen molar-refractivity contribution in [3.8, 4) is 0 Å². The lowest BCUT2D eigenvalue weighted by Gasteiger charge is -2.06. The van der Waals surface area contributed by atoms with Crippen molar-refractivity contribution < 1.29 is 13.7 Å². The molecule has 7 nitrogen and oxygen atoms in total. The molecule has 3 aromatic rings. The fourth-order valence-electron chi connectivity index (χ4n) is 2.26. The van der Waals surface area contributed by atoms with Crippen LogP contribution < -0.4 is 11.1 Å². The third-order valence-corrected chi connectivity index (χ3v) is 3.53. The Morgan fingerprint density at radius 2 is 2.00 bits per heavy atom. The number of rotatable bonds is 6. The Kier molecular flexibility index (Phi) is 4.98. The van der Waals surface area contributed by atoms with Crippen molar-refractivity contribution in [2.45, 2.75) is 19.5 Å². The fraction of sp³-hybridized carbons (Fsp3) is 0.176. The lowest BCUT2D eigenvalue weighted by Crippen LogP contribution is -2.31. The zero-order chi connectivity index (χ0) is 17.6. The second-order valence-electron chi connectivity index (χ2n) is 5.35. The standard InChI is InChI=1S/C17H15FN4O3/c18-13-6-4-12(5-7-13)9-15-21-25-17(24)22(15)11-16(23)20-10-14-3-1-2-8-19-14/h1-8H,9-11H2,(H,20,23). The first-order valence-corrected chi connectivity index (χ1v) is 7.58. The molecule has 1 aromatic carbocycles. The average Bonchev–Trinajstić information content (AvgIpc) is 2.96. The highest BCUT2D eigenvalue weighted by Crippen LogP contribution is 2.08. The van der Waals surface area contributed by atoms with Crippen molar-refractivity contribution in [2.75, 3.05) is 0 Å². The molecule has 8 heteroatoms. The normalized spacial score (nSPS) is 10.6. The number of carbonyl (C=O) groups excluding carboxylic acids is 1. The molecular weight excluding hydrogens is 327 g/mol. The van der Waals surface area contributed by atoms with E-state index in [0.29, 0.717) is 11.5 Å². The predicted octanol–water partition coefficient (Wildman–Crippen LogP) is 1.28. The summed E-state index contributed by atoms with van der Waals surface area (Å²) in [5, 5.41) is 6.38. The summed E-state index contributed by atoms with van der Waals surface area (Å²) >= 11 is 0. The number of benzene rings is 1. The molecule has 0 atom stereocenters. The Hall–Kier alpha value is -3.29. The first-order chi connectivity index (χ1) is 12.1. The van der Waals surface area contributed by atoms with Crippen molar-refractivity contribution in [2.24, 2.45) is 0 Å². The van der Waals surface area contributed by atoms with Gasteiger partial charge in [-0.2, -0.15) is 0 Å². The van der Waals surface area contributed by atoms with E-state index < -0.39 is 5.76 Å². The number of halogens is 1. The van der Waals surface area contributed by atoms with Gasteiger partial charge in [-0.1, -0.05) is 23.4 Å². The van der Waals surface area contributed by atoms with E-state index in [1.54, 1.807) is 30.5 Å². The molecule has 3 rings (SSSR count). The summed E-state index contributed by atoms with van der Waals surface area (Å²) in [6.45, 7) is 0.0404. The van der Waals surface area contributed by atoms with Crippen molar-refractivity contribution in [1.82, 2.24) is 20.0 Å². The summed E-state index contributed by atoms with van der Waals surface area (Å²) in [6.07, 6.45) is 1.88. The molecule has 1 amide bonds. The number of nitrogens with one attached hydrogen (secondary N) is 1. The van der Waals surface area contributed by atoms with Crippen LogP contribution in [-0.2, 0) is 24.3 Å². The molecule has 0 saturated heterocycles. The molecule has 2 aromatic heterocycles. The van der Waals surface area contributed by atoms with Gasteiger partial charge in [0.2, 0.25) is 5.91 Å². The topological polar surface area (TPSA) is 90.0 Å². The number of hydrogen-bond acceptors (Lipinski definition) is 5. The molecule has 2 heterocycles. The predicted molar refractivity (Wildman–Crippen MR) is 86.1 cm³/mol. The van der Waals surface area contributed by atoms with Gasteiger partial charge in [0.15, 0.2) is 5.82 Å². The van der Waals surface area contributed by atoms with Gasteiger partial charge >= 0.3 is 5.76 Å². The third kappa shape index (κ3) is 4.37. The maximum absolute atomic E-state index is 13.0. The number of amides is 1. The van der Waals surface area contributed by atoms with Crippen LogP contribution in [0.1, 0.15) is 17.1 Å². The first kappa shape index (κ1) is 16.6. The molecule has 0 aliphatic carbocycles. The van der Waals surface area contributed by atoms with Gasteiger partial charge < -0.3 is 5.32 Å². The van der Waals surface area contributed by atoms with E-state index in [0.717, 1.165) is 10.1 Å². The van der Waals surface area contributed by atoms with Gasteiger partial charge in [-0.25, -0.2) is 9.18 Å². The number of nitrogens with zero attached hydrogens (tertiary/aromatic N) is 3. The van der Waals surface area contributed by atoms with Crippen LogP contribution in [0.5, 0.6) is 0 Å². The van der Waals surface area contributed by atoms with Crippen LogP contribution in [0.25, 0.3) is 0 Å². The maximum Gasteiger partial charge on any atom is 0.442 e. The maximum atomic E-state index is 13.0. The molecule has 0 saturated carbocycles. The zero-order valence-corrected chi connectivity index (χ0v) is 13.2. The van der Waals surface area contributed by atoms with E-state index in [1.165, 1.54) is 12.1 Å². The highest BCUT2D eigenvalue weighted by Gasteiger charge is 2.14. The van der Waals surface area contributed by atoms with Gasteiger partial charge in [-0.05, 0) is 29.8 Å². The van der Waals surface area contributed by atoms with Crippen LogP contribution in [0.2, 0.25) is 0 Å². The Morgan fingerprint density at radius 3 is 2.72 bits per heavy atom. The smallest absolute Gasteiger partial charge is 0.349 e. The Labute approximate surface area is 142 Å². The molecule has 0 fully saturated rings. The first-order valence-electron chi connectivity index (χ1n) is 7.58. The lowest BCUT2D eigenvalue weighted by molar-refractivity contribution is -0.122. The SMILES string of the molecule is O=C(Cn1c(Cc2ccc(F)cc2)noc1=O)NCc1ccccn1. The minimum absolute atomic E-state index is 0.217.